The Labute approximate surface area is 179 Å². The van der Waals surface area contributed by atoms with Crippen LogP contribution in [0.5, 0.6) is 5.75 Å². The normalized spacial score (nSPS) is 11.3. The predicted octanol–water partition coefficient (Wildman–Crippen LogP) is 5.99. The van der Waals surface area contributed by atoms with Gasteiger partial charge in [-0.15, -0.1) is 0 Å². The smallest absolute Gasteiger partial charge is 0.138 e. The molecule has 4 aromatic rings. The molecule has 4 rings (SSSR count). The average Bonchev–Trinajstić information content (AvgIpc) is 3.11. The summed E-state index contributed by atoms with van der Waals surface area (Å²) in [5.41, 5.74) is 5.38. The van der Waals surface area contributed by atoms with Gasteiger partial charge in [0.05, 0.1) is 12.3 Å². The molecule has 4 nitrogen and oxygen atoms in total. The van der Waals surface area contributed by atoms with E-state index in [1.165, 1.54) is 0 Å². The van der Waals surface area contributed by atoms with Crippen molar-refractivity contribution in [2.24, 2.45) is 0 Å². The van der Waals surface area contributed by atoms with Gasteiger partial charge in [0.2, 0.25) is 0 Å². The molecule has 0 fully saturated rings. The van der Waals surface area contributed by atoms with Gasteiger partial charge in [0.25, 0.3) is 0 Å². The second-order valence-corrected chi connectivity index (χ2v) is 8.24. The lowest BCUT2D eigenvalue weighted by atomic mass is 9.99. The van der Waals surface area contributed by atoms with Crippen LogP contribution in [0.2, 0.25) is 0 Å². The molecule has 0 unspecified atom stereocenters. The first-order valence-corrected chi connectivity index (χ1v) is 10.5. The number of halogens is 1. The lowest BCUT2D eigenvalue weighted by Gasteiger charge is -2.11. The number of rotatable bonds is 7. The van der Waals surface area contributed by atoms with Gasteiger partial charge >= 0.3 is 0 Å². The quantitative estimate of drug-likeness (QED) is 0.352. The van der Waals surface area contributed by atoms with Crippen molar-refractivity contribution >= 4 is 27.0 Å². The second-order valence-electron chi connectivity index (χ2n) is 7.32. The Balaban J connectivity index is 1.68. The highest BCUT2D eigenvalue weighted by Gasteiger charge is 2.16. The van der Waals surface area contributed by atoms with Crippen LogP contribution < -0.4 is 4.74 Å². The predicted molar refractivity (Wildman–Crippen MR) is 123 cm³/mol. The van der Waals surface area contributed by atoms with Crippen molar-refractivity contribution in [3.8, 4) is 28.1 Å². The molecule has 0 spiro atoms. The summed E-state index contributed by atoms with van der Waals surface area (Å²) in [6, 6.07) is 20.8. The molecule has 2 aromatic carbocycles. The Morgan fingerprint density at radius 2 is 1.76 bits per heavy atom. The van der Waals surface area contributed by atoms with Gasteiger partial charge in [0, 0.05) is 28.2 Å². The molecular weight excluding hydrogens is 426 g/mol. The van der Waals surface area contributed by atoms with Crippen LogP contribution in [0.15, 0.2) is 71.3 Å². The standard InChI is InChI=1S/C24H24BrN3O/c1-28(2)13-6-14-29-20-11-9-17(10-12-20)22-21-15-19(25)16-26-24(21)27-23(22)18-7-4-3-5-8-18/h3-5,7-12,15-16H,6,13-14H2,1-2H3,(H,26,27). The fourth-order valence-electron chi connectivity index (χ4n) is 3.45. The van der Waals surface area contributed by atoms with Crippen LogP contribution in [0.3, 0.4) is 0 Å². The molecule has 0 amide bonds. The highest BCUT2D eigenvalue weighted by molar-refractivity contribution is 9.10. The van der Waals surface area contributed by atoms with Crippen LogP contribution in [-0.2, 0) is 0 Å². The lowest BCUT2D eigenvalue weighted by molar-refractivity contribution is 0.281. The zero-order valence-electron chi connectivity index (χ0n) is 16.7. The number of nitrogens with one attached hydrogen (secondary N) is 1. The Hall–Kier alpha value is -2.63. The Kier molecular flexibility index (Phi) is 5.97. The number of pyridine rings is 1. The Morgan fingerprint density at radius 3 is 2.48 bits per heavy atom. The van der Waals surface area contributed by atoms with Crippen LogP contribution in [0.4, 0.5) is 0 Å². The topological polar surface area (TPSA) is 41.1 Å². The van der Waals surface area contributed by atoms with Crippen molar-refractivity contribution in [3.05, 3.63) is 71.3 Å². The fraction of sp³-hybridized carbons (Fsp3) is 0.208. The zero-order chi connectivity index (χ0) is 20.2. The van der Waals surface area contributed by atoms with Gasteiger partial charge in [-0.05, 0) is 65.8 Å². The van der Waals surface area contributed by atoms with E-state index in [1.807, 2.05) is 24.4 Å². The third kappa shape index (κ3) is 4.52. The third-order valence-electron chi connectivity index (χ3n) is 4.84. The molecule has 0 atom stereocenters. The molecule has 0 bridgehead atoms. The van der Waals surface area contributed by atoms with E-state index in [-0.39, 0.29) is 0 Å². The Bertz CT molecular complexity index is 1090. The molecule has 0 aliphatic carbocycles. The minimum atomic E-state index is 0.719. The summed E-state index contributed by atoms with van der Waals surface area (Å²) in [7, 11) is 4.15. The molecule has 1 N–H and O–H groups in total. The first-order valence-electron chi connectivity index (χ1n) is 9.72. The van der Waals surface area contributed by atoms with E-state index in [4.69, 9.17) is 4.74 Å². The van der Waals surface area contributed by atoms with Gasteiger partial charge in [-0.1, -0.05) is 42.5 Å². The van der Waals surface area contributed by atoms with E-state index < -0.39 is 0 Å². The minimum absolute atomic E-state index is 0.719. The number of aromatic amines is 1. The summed E-state index contributed by atoms with van der Waals surface area (Å²) < 4.78 is 6.86. The number of benzene rings is 2. The maximum absolute atomic E-state index is 5.90. The lowest BCUT2D eigenvalue weighted by Crippen LogP contribution is -2.15. The summed E-state index contributed by atoms with van der Waals surface area (Å²) in [6.45, 7) is 1.74. The van der Waals surface area contributed by atoms with Crippen molar-refractivity contribution < 1.29 is 4.74 Å². The van der Waals surface area contributed by atoms with Gasteiger partial charge in [-0.25, -0.2) is 4.98 Å². The van der Waals surface area contributed by atoms with Gasteiger partial charge in [-0.2, -0.15) is 0 Å². The van der Waals surface area contributed by atoms with Crippen molar-refractivity contribution in [1.29, 1.82) is 0 Å². The van der Waals surface area contributed by atoms with Crippen molar-refractivity contribution in [2.75, 3.05) is 27.2 Å². The van der Waals surface area contributed by atoms with E-state index in [9.17, 15) is 0 Å². The summed E-state index contributed by atoms with van der Waals surface area (Å²) in [5.74, 6) is 0.896. The molecule has 2 heterocycles. The molecule has 0 aliphatic heterocycles. The molecule has 0 aliphatic rings. The Morgan fingerprint density at radius 1 is 1.00 bits per heavy atom. The second kappa shape index (κ2) is 8.80. The molecule has 0 radical (unpaired) electrons. The van der Waals surface area contributed by atoms with Gasteiger partial charge in [0.1, 0.15) is 11.4 Å². The SMILES string of the molecule is CN(C)CCCOc1ccc(-c2c(-c3ccccc3)[nH]c3ncc(Br)cc23)cc1. The number of H-pyrrole nitrogens is 1. The van der Waals surface area contributed by atoms with Gasteiger partial charge < -0.3 is 14.6 Å². The van der Waals surface area contributed by atoms with Crippen LogP contribution in [-0.4, -0.2) is 42.1 Å². The average molecular weight is 450 g/mol. The van der Waals surface area contributed by atoms with Crippen molar-refractivity contribution in [2.45, 2.75) is 6.42 Å². The van der Waals surface area contributed by atoms with Gasteiger partial charge in [-0.3, -0.25) is 0 Å². The number of ether oxygens (including phenoxy) is 1. The van der Waals surface area contributed by atoms with E-state index in [2.05, 4.69) is 87.4 Å². The van der Waals surface area contributed by atoms with Gasteiger partial charge in [0.15, 0.2) is 0 Å². The van der Waals surface area contributed by atoms with Crippen LogP contribution >= 0.6 is 15.9 Å². The maximum atomic E-state index is 5.90. The molecule has 148 valence electrons. The van der Waals surface area contributed by atoms with E-state index in [0.717, 1.165) is 63.2 Å². The monoisotopic (exact) mass is 449 g/mol. The summed E-state index contributed by atoms with van der Waals surface area (Å²) in [4.78, 5) is 10.2. The van der Waals surface area contributed by atoms with E-state index in [1.54, 1.807) is 0 Å². The zero-order valence-corrected chi connectivity index (χ0v) is 18.2. The van der Waals surface area contributed by atoms with E-state index in [0.29, 0.717) is 0 Å². The summed E-state index contributed by atoms with van der Waals surface area (Å²) in [5, 5.41) is 1.10. The molecular formula is C24H24BrN3O. The largest absolute Gasteiger partial charge is 0.494 e. The number of hydrogen-bond donors (Lipinski definition) is 1. The molecule has 29 heavy (non-hydrogen) atoms. The fourth-order valence-corrected chi connectivity index (χ4v) is 3.79. The first kappa shape index (κ1) is 19.7. The van der Waals surface area contributed by atoms with E-state index >= 15 is 0 Å². The molecule has 0 saturated heterocycles. The molecule has 0 saturated carbocycles. The maximum Gasteiger partial charge on any atom is 0.138 e. The van der Waals surface area contributed by atoms with Crippen molar-refractivity contribution in [1.82, 2.24) is 14.9 Å². The number of aromatic nitrogens is 2. The minimum Gasteiger partial charge on any atom is -0.494 e. The van der Waals surface area contributed by atoms with Crippen molar-refractivity contribution in [3.63, 3.8) is 0 Å². The number of hydrogen-bond acceptors (Lipinski definition) is 3. The summed E-state index contributed by atoms with van der Waals surface area (Å²) >= 11 is 3.56. The highest BCUT2D eigenvalue weighted by Crippen LogP contribution is 2.39. The van der Waals surface area contributed by atoms with Crippen LogP contribution in [0.25, 0.3) is 33.4 Å². The van der Waals surface area contributed by atoms with Crippen LogP contribution in [0.1, 0.15) is 6.42 Å². The highest BCUT2D eigenvalue weighted by atomic mass is 79.9. The molecule has 2 aromatic heterocycles. The molecule has 5 heteroatoms. The van der Waals surface area contributed by atoms with Crippen LogP contribution in [0, 0.1) is 0 Å². The summed E-state index contributed by atoms with van der Waals surface area (Å²) in [6.07, 6.45) is 2.83. The number of fused-ring (bicyclic) bond motifs is 1. The first-order chi connectivity index (χ1) is 14.1. The number of nitrogens with zero attached hydrogens (tertiary/aromatic N) is 2. The third-order valence-corrected chi connectivity index (χ3v) is 5.27.